The summed E-state index contributed by atoms with van der Waals surface area (Å²) in [4.78, 5) is 3.47. The number of aliphatic imine (C=N–C) groups is 1. The van der Waals surface area contributed by atoms with Crippen LogP contribution in [0.1, 0.15) is 34.1 Å². The fourth-order valence-corrected chi connectivity index (χ4v) is 7.60. The summed E-state index contributed by atoms with van der Waals surface area (Å²) in [7, 11) is 0. The molecule has 5 aliphatic rings. The zero-order valence-corrected chi connectivity index (χ0v) is 15.7. The van der Waals surface area contributed by atoms with Crippen LogP contribution >= 0.6 is 34.8 Å². The van der Waals surface area contributed by atoms with Crippen LogP contribution in [0.5, 0.6) is 0 Å². The number of nitrogens with zero attached hydrogens (tertiary/aromatic N) is 1. The summed E-state index contributed by atoms with van der Waals surface area (Å²) in [6, 6.07) is 17.2. The van der Waals surface area contributed by atoms with Crippen molar-refractivity contribution in [3.05, 3.63) is 70.8 Å². The van der Waals surface area contributed by atoms with Crippen LogP contribution in [0.25, 0.3) is 0 Å². The van der Waals surface area contributed by atoms with Gasteiger partial charge in [0, 0.05) is 23.7 Å². The molecule has 1 fully saturated rings. The Bertz CT molecular complexity index is 888. The van der Waals surface area contributed by atoms with E-state index in [1.165, 1.54) is 22.3 Å². The van der Waals surface area contributed by atoms with Gasteiger partial charge in [-0.15, -0.1) is 11.6 Å². The van der Waals surface area contributed by atoms with Crippen LogP contribution in [-0.4, -0.2) is 15.0 Å². The monoisotopic (exact) mass is 387 g/mol. The van der Waals surface area contributed by atoms with E-state index in [0.717, 1.165) is 12.8 Å². The highest BCUT2D eigenvalue weighted by Crippen LogP contribution is 2.72. The highest BCUT2D eigenvalue weighted by molar-refractivity contribution is 6.73. The number of alkyl halides is 2. The van der Waals surface area contributed by atoms with Crippen LogP contribution in [0.4, 0.5) is 0 Å². The van der Waals surface area contributed by atoms with E-state index in [1.807, 2.05) is 0 Å². The van der Waals surface area contributed by atoms with Crippen LogP contribution in [0.15, 0.2) is 53.5 Å². The minimum absolute atomic E-state index is 0.125. The van der Waals surface area contributed by atoms with Gasteiger partial charge in [0.1, 0.15) is 15.0 Å². The molecule has 0 aromatic heterocycles. The van der Waals surface area contributed by atoms with E-state index in [4.69, 9.17) is 39.8 Å². The second-order valence-corrected chi connectivity index (χ2v) is 9.46. The maximum absolute atomic E-state index is 7.45. The van der Waals surface area contributed by atoms with E-state index in [0.29, 0.717) is 5.17 Å². The summed E-state index contributed by atoms with van der Waals surface area (Å²) in [5, 5.41) is 0.500. The lowest BCUT2D eigenvalue weighted by Crippen LogP contribution is -2.64. The van der Waals surface area contributed by atoms with Gasteiger partial charge in [0.15, 0.2) is 0 Å². The summed E-state index contributed by atoms with van der Waals surface area (Å²) >= 11 is 21.5. The molecule has 25 heavy (non-hydrogen) atoms. The lowest BCUT2D eigenvalue weighted by Gasteiger charge is -2.58. The second-order valence-electron chi connectivity index (χ2n) is 7.87. The molecule has 1 nitrogen and oxygen atoms in total. The van der Waals surface area contributed by atoms with Gasteiger partial charge < -0.3 is 0 Å². The van der Waals surface area contributed by atoms with Crippen LogP contribution in [-0.2, 0) is 12.8 Å². The van der Waals surface area contributed by atoms with Crippen molar-refractivity contribution in [2.75, 3.05) is 0 Å². The third-order valence-corrected chi connectivity index (χ3v) is 8.78. The Morgan fingerprint density at radius 2 is 1.28 bits per heavy atom. The molecule has 7 rings (SSSR count). The van der Waals surface area contributed by atoms with Gasteiger partial charge in [-0.1, -0.05) is 71.7 Å². The lowest BCUT2D eigenvalue weighted by atomic mass is 9.57. The Hall–Kier alpha value is -1.02. The number of hydrogen-bond donors (Lipinski definition) is 0. The number of hydrogen-bond acceptors (Lipinski definition) is 1. The van der Waals surface area contributed by atoms with E-state index in [2.05, 4.69) is 48.5 Å². The zero-order valence-electron chi connectivity index (χ0n) is 13.4. The Morgan fingerprint density at radius 3 is 1.80 bits per heavy atom. The number of benzene rings is 2. The van der Waals surface area contributed by atoms with Gasteiger partial charge in [-0.3, -0.25) is 4.99 Å². The van der Waals surface area contributed by atoms with Crippen molar-refractivity contribution in [1.82, 2.24) is 0 Å². The average molecular weight is 389 g/mol. The Morgan fingerprint density at radius 1 is 0.800 bits per heavy atom. The molecule has 6 atom stereocenters. The van der Waals surface area contributed by atoms with E-state index in [-0.39, 0.29) is 23.7 Å². The minimum atomic E-state index is -0.688. The summed E-state index contributed by atoms with van der Waals surface area (Å²) in [6.45, 7) is 0. The SMILES string of the molecule is ClC1=NC2(Cl)[C@@H]3Cc4ccccc4[C@@H]3C1(Cl)[C@@H]1c3ccccc3C[C@@H]12. The van der Waals surface area contributed by atoms with Crippen LogP contribution in [0.2, 0.25) is 0 Å². The maximum atomic E-state index is 7.45. The first-order valence-corrected chi connectivity index (χ1v) is 9.98. The molecule has 2 bridgehead atoms. The van der Waals surface area contributed by atoms with Crippen molar-refractivity contribution in [3.63, 3.8) is 0 Å². The molecule has 0 saturated heterocycles. The molecule has 0 spiro atoms. The summed E-state index contributed by atoms with van der Waals surface area (Å²) in [5.74, 6) is 0.671. The number of rotatable bonds is 0. The van der Waals surface area contributed by atoms with E-state index >= 15 is 0 Å². The molecule has 2 aromatic rings. The second kappa shape index (κ2) is 4.63. The first-order chi connectivity index (χ1) is 12.0. The molecule has 0 N–H and O–H groups in total. The van der Waals surface area contributed by atoms with Crippen molar-refractivity contribution in [2.45, 2.75) is 34.5 Å². The largest absolute Gasteiger partial charge is 0.252 e. The third kappa shape index (κ3) is 1.58. The molecular weight excluding hydrogens is 373 g/mol. The van der Waals surface area contributed by atoms with Crippen molar-refractivity contribution in [1.29, 1.82) is 0 Å². The maximum Gasteiger partial charge on any atom is 0.143 e. The standard InChI is InChI=1S/C21H16Cl3N/c22-19-20(23)17-13-7-3-1-5-11(13)9-15(17)21(24,25-19)16-10-12-6-2-4-8-14(12)18(16)20/h1-8,15-18H,9-10H2/t15-,16+,17+,18-,20?,21?. The van der Waals surface area contributed by atoms with Gasteiger partial charge in [-0.25, -0.2) is 0 Å². The van der Waals surface area contributed by atoms with E-state index in [1.54, 1.807) is 0 Å². The van der Waals surface area contributed by atoms with Gasteiger partial charge >= 0.3 is 0 Å². The van der Waals surface area contributed by atoms with Crippen molar-refractivity contribution in [3.8, 4) is 0 Å². The molecular formula is C21H16Cl3N. The van der Waals surface area contributed by atoms with E-state index in [9.17, 15) is 0 Å². The Balaban J connectivity index is 1.65. The van der Waals surface area contributed by atoms with Gasteiger partial charge in [-0.05, 0) is 35.1 Å². The normalized spacial score (nSPS) is 42.4. The highest BCUT2D eigenvalue weighted by atomic mass is 35.5. The topological polar surface area (TPSA) is 12.4 Å². The third-order valence-electron chi connectivity index (χ3n) is 7.00. The van der Waals surface area contributed by atoms with Crippen LogP contribution in [0.3, 0.4) is 0 Å². The molecule has 0 radical (unpaired) electrons. The summed E-state index contributed by atoms with van der Waals surface area (Å²) < 4.78 is 0. The number of halogens is 3. The summed E-state index contributed by atoms with van der Waals surface area (Å²) in [6.07, 6.45) is 1.87. The highest BCUT2D eigenvalue weighted by Gasteiger charge is 2.73. The molecule has 2 aliphatic heterocycles. The van der Waals surface area contributed by atoms with Gasteiger partial charge in [-0.2, -0.15) is 0 Å². The van der Waals surface area contributed by atoms with Crippen LogP contribution < -0.4 is 0 Å². The predicted molar refractivity (Wildman–Crippen MR) is 103 cm³/mol. The molecule has 0 amide bonds. The molecule has 2 unspecified atom stereocenters. The number of fused-ring (bicyclic) bond motifs is 2. The zero-order chi connectivity index (χ0) is 17.0. The fourth-order valence-electron chi connectivity index (χ4n) is 6.11. The molecule has 1 saturated carbocycles. The quantitative estimate of drug-likeness (QED) is 0.419. The molecule has 3 aliphatic carbocycles. The minimum Gasteiger partial charge on any atom is -0.252 e. The fraction of sp³-hybridized carbons (Fsp3) is 0.381. The van der Waals surface area contributed by atoms with Crippen molar-refractivity contribution < 1.29 is 0 Å². The molecule has 2 heterocycles. The van der Waals surface area contributed by atoms with Gasteiger partial charge in [0.05, 0.1) is 0 Å². The van der Waals surface area contributed by atoms with E-state index < -0.39 is 9.87 Å². The van der Waals surface area contributed by atoms with Crippen molar-refractivity contribution >= 4 is 40.0 Å². The Kier molecular flexibility index (Phi) is 2.79. The van der Waals surface area contributed by atoms with Crippen molar-refractivity contribution in [2.24, 2.45) is 16.8 Å². The smallest absolute Gasteiger partial charge is 0.143 e. The first kappa shape index (κ1) is 15.1. The molecule has 126 valence electrons. The lowest BCUT2D eigenvalue weighted by molar-refractivity contribution is 0.124. The summed E-state index contributed by atoms with van der Waals surface area (Å²) in [5.41, 5.74) is 5.32. The Labute approximate surface area is 162 Å². The van der Waals surface area contributed by atoms with Gasteiger partial charge in [0.25, 0.3) is 0 Å². The molecule has 2 aromatic carbocycles. The predicted octanol–water partition coefficient (Wildman–Crippen LogP) is 5.48. The first-order valence-electron chi connectivity index (χ1n) is 8.84. The van der Waals surface area contributed by atoms with Crippen LogP contribution in [0, 0.1) is 11.8 Å². The average Bonchev–Trinajstić information content (AvgIpc) is 3.20. The molecule has 4 heteroatoms. The van der Waals surface area contributed by atoms with Gasteiger partial charge in [0.2, 0.25) is 0 Å².